The molecular formula is C14H22N4. The van der Waals surface area contributed by atoms with Crippen LogP contribution in [0.2, 0.25) is 0 Å². The van der Waals surface area contributed by atoms with Gasteiger partial charge in [0, 0.05) is 25.3 Å². The molecule has 0 aliphatic carbocycles. The second kappa shape index (κ2) is 6.97. The molecule has 0 spiro atoms. The van der Waals surface area contributed by atoms with Gasteiger partial charge in [0.2, 0.25) is 0 Å². The molecule has 0 radical (unpaired) electrons. The fraction of sp³-hybridized carbons (Fsp3) is 0.571. The molecule has 0 aromatic carbocycles. The summed E-state index contributed by atoms with van der Waals surface area (Å²) in [6, 6.07) is 6.78. The second-order valence-electron chi connectivity index (χ2n) is 4.55. The smallest absolute Gasteiger partial charge is 0.128 e. The summed E-state index contributed by atoms with van der Waals surface area (Å²) in [5.41, 5.74) is 1.18. The van der Waals surface area contributed by atoms with Crippen molar-refractivity contribution in [3.8, 4) is 6.07 Å². The third-order valence-corrected chi connectivity index (χ3v) is 3.19. The fourth-order valence-electron chi connectivity index (χ4n) is 1.78. The summed E-state index contributed by atoms with van der Waals surface area (Å²) in [7, 11) is 1.97. The lowest BCUT2D eigenvalue weighted by molar-refractivity contribution is 0.595. The molecular weight excluding hydrogens is 224 g/mol. The highest BCUT2D eigenvalue weighted by molar-refractivity contribution is 5.40. The van der Waals surface area contributed by atoms with Crippen molar-refractivity contribution in [3.63, 3.8) is 0 Å². The van der Waals surface area contributed by atoms with E-state index in [0.29, 0.717) is 12.5 Å². The van der Waals surface area contributed by atoms with E-state index in [4.69, 9.17) is 5.26 Å². The fourth-order valence-corrected chi connectivity index (χ4v) is 1.78. The lowest BCUT2D eigenvalue weighted by Gasteiger charge is -2.24. The van der Waals surface area contributed by atoms with E-state index in [9.17, 15) is 0 Å². The lowest BCUT2D eigenvalue weighted by atomic mass is 10.1. The van der Waals surface area contributed by atoms with Crippen LogP contribution < -0.4 is 10.2 Å². The Balaban J connectivity index is 2.73. The van der Waals surface area contributed by atoms with E-state index in [-0.39, 0.29) is 6.04 Å². The average Bonchev–Trinajstić information content (AvgIpc) is 2.38. The molecule has 2 unspecified atom stereocenters. The van der Waals surface area contributed by atoms with Gasteiger partial charge in [-0.2, -0.15) is 5.26 Å². The van der Waals surface area contributed by atoms with Crippen molar-refractivity contribution >= 4 is 5.82 Å². The van der Waals surface area contributed by atoms with Crippen LogP contribution in [0.1, 0.15) is 38.8 Å². The predicted octanol–water partition coefficient (Wildman–Crippen LogP) is 2.49. The second-order valence-corrected chi connectivity index (χ2v) is 4.55. The van der Waals surface area contributed by atoms with Crippen LogP contribution in [0.3, 0.4) is 0 Å². The normalized spacial score (nSPS) is 13.7. The Morgan fingerprint density at radius 3 is 2.67 bits per heavy atom. The highest BCUT2D eigenvalue weighted by atomic mass is 15.2. The predicted molar refractivity (Wildman–Crippen MR) is 74.4 cm³/mol. The van der Waals surface area contributed by atoms with Crippen molar-refractivity contribution in [3.05, 3.63) is 23.9 Å². The summed E-state index contributed by atoms with van der Waals surface area (Å²) in [6.45, 7) is 7.19. The van der Waals surface area contributed by atoms with Crippen LogP contribution in [0.15, 0.2) is 18.3 Å². The minimum Gasteiger partial charge on any atom is -0.356 e. The van der Waals surface area contributed by atoms with Crippen LogP contribution >= 0.6 is 0 Å². The molecule has 1 heterocycles. The van der Waals surface area contributed by atoms with Gasteiger partial charge in [-0.3, -0.25) is 0 Å². The first-order valence-corrected chi connectivity index (χ1v) is 6.39. The van der Waals surface area contributed by atoms with Gasteiger partial charge < -0.3 is 10.2 Å². The maximum absolute atomic E-state index is 8.70. The third-order valence-electron chi connectivity index (χ3n) is 3.19. The zero-order valence-corrected chi connectivity index (χ0v) is 11.6. The zero-order valence-electron chi connectivity index (χ0n) is 11.6. The Bertz CT molecular complexity index is 393. The number of nitriles is 1. The van der Waals surface area contributed by atoms with Gasteiger partial charge in [0.1, 0.15) is 5.82 Å². The molecule has 0 saturated heterocycles. The molecule has 1 aromatic heterocycles. The Kier molecular flexibility index (Phi) is 5.60. The van der Waals surface area contributed by atoms with Gasteiger partial charge in [0.25, 0.3) is 0 Å². The van der Waals surface area contributed by atoms with Crippen LogP contribution in [-0.4, -0.2) is 24.6 Å². The van der Waals surface area contributed by atoms with Crippen LogP contribution in [-0.2, 0) is 0 Å². The molecule has 4 nitrogen and oxygen atoms in total. The quantitative estimate of drug-likeness (QED) is 0.838. The first-order valence-electron chi connectivity index (χ1n) is 6.39. The average molecular weight is 246 g/mol. The highest BCUT2D eigenvalue weighted by Crippen LogP contribution is 2.17. The summed E-state index contributed by atoms with van der Waals surface area (Å²) in [4.78, 5) is 6.49. The largest absolute Gasteiger partial charge is 0.356 e. The number of hydrogen-bond acceptors (Lipinski definition) is 4. The highest BCUT2D eigenvalue weighted by Gasteiger charge is 2.11. The van der Waals surface area contributed by atoms with E-state index >= 15 is 0 Å². The molecule has 0 amide bonds. The van der Waals surface area contributed by atoms with E-state index in [1.807, 2.05) is 31.1 Å². The molecule has 0 bridgehead atoms. The van der Waals surface area contributed by atoms with Gasteiger partial charge in [-0.05, 0) is 32.0 Å². The Morgan fingerprint density at radius 1 is 1.44 bits per heavy atom. The Hall–Kier alpha value is -1.60. The van der Waals surface area contributed by atoms with Crippen molar-refractivity contribution < 1.29 is 0 Å². The molecule has 1 rings (SSSR count). The number of nitrogens with one attached hydrogen (secondary N) is 1. The summed E-state index contributed by atoms with van der Waals surface area (Å²) in [5, 5.41) is 12.1. The Morgan fingerprint density at radius 2 is 2.17 bits per heavy atom. The number of pyridine rings is 1. The van der Waals surface area contributed by atoms with E-state index in [2.05, 4.69) is 36.3 Å². The number of nitrogens with zero attached hydrogens (tertiary/aromatic N) is 3. The first-order chi connectivity index (χ1) is 8.60. The van der Waals surface area contributed by atoms with Crippen molar-refractivity contribution in [2.45, 2.75) is 39.3 Å². The van der Waals surface area contributed by atoms with Crippen molar-refractivity contribution in [1.29, 1.82) is 5.26 Å². The zero-order chi connectivity index (χ0) is 13.5. The van der Waals surface area contributed by atoms with Gasteiger partial charge in [0.05, 0.1) is 12.5 Å². The molecule has 18 heavy (non-hydrogen) atoms. The monoisotopic (exact) mass is 246 g/mol. The van der Waals surface area contributed by atoms with Crippen LogP contribution in [0.25, 0.3) is 0 Å². The molecule has 1 aromatic rings. The SMILES string of the molecule is CCNC(C)c1ccc(N(C)C(C)CC#N)nc1. The summed E-state index contributed by atoms with van der Waals surface area (Å²) < 4.78 is 0. The summed E-state index contributed by atoms with van der Waals surface area (Å²) in [5.74, 6) is 0.908. The van der Waals surface area contributed by atoms with E-state index in [1.165, 1.54) is 5.56 Å². The van der Waals surface area contributed by atoms with Crippen LogP contribution in [0.4, 0.5) is 5.82 Å². The molecule has 98 valence electrons. The minimum absolute atomic E-state index is 0.180. The van der Waals surface area contributed by atoms with Gasteiger partial charge in [-0.1, -0.05) is 13.0 Å². The number of hydrogen-bond donors (Lipinski definition) is 1. The molecule has 4 heteroatoms. The van der Waals surface area contributed by atoms with E-state index in [1.54, 1.807) is 0 Å². The first kappa shape index (κ1) is 14.5. The molecule has 1 N–H and O–H groups in total. The standard InChI is InChI=1S/C14H22N4/c1-5-16-12(3)13-6-7-14(17-10-13)18(4)11(2)8-9-15/h6-7,10-12,16H,5,8H2,1-4H3. The van der Waals surface area contributed by atoms with Crippen LogP contribution in [0.5, 0.6) is 0 Å². The molecule has 2 atom stereocenters. The maximum Gasteiger partial charge on any atom is 0.128 e. The van der Waals surface area contributed by atoms with Gasteiger partial charge in [0.15, 0.2) is 0 Å². The number of aromatic nitrogens is 1. The topological polar surface area (TPSA) is 52.0 Å². The Labute approximate surface area is 110 Å². The van der Waals surface area contributed by atoms with Crippen molar-refractivity contribution in [2.24, 2.45) is 0 Å². The van der Waals surface area contributed by atoms with Crippen LogP contribution in [0, 0.1) is 11.3 Å². The maximum atomic E-state index is 8.70. The van der Waals surface area contributed by atoms with Gasteiger partial charge >= 0.3 is 0 Å². The van der Waals surface area contributed by atoms with Gasteiger partial charge in [-0.25, -0.2) is 4.98 Å². The third kappa shape index (κ3) is 3.71. The molecule has 0 aliphatic rings. The number of rotatable bonds is 6. The molecule has 0 aliphatic heterocycles. The summed E-state index contributed by atoms with van der Waals surface area (Å²) in [6.07, 6.45) is 2.41. The number of anilines is 1. The van der Waals surface area contributed by atoms with Crippen molar-refractivity contribution in [1.82, 2.24) is 10.3 Å². The van der Waals surface area contributed by atoms with Crippen molar-refractivity contribution in [2.75, 3.05) is 18.5 Å². The van der Waals surface area contributed by atoms with E-state index in [0.717, 1.165) is 12.4 Å². The van der Waals surface area contributed by atoms with Gasteiger partial charge in [-0.15, -0.1) is 0 Å². The summed E-state index contributed by atoms with van der Waals surface area (Å²) >= 11 is 0. The molecule has 0 saturated carbocycles. The van der Waals surface area contributed by atoms with E-state index < -0.39 is 0 Å². The molecule has 0 fully saturated rings. The lowest BCUT2D eigenvalue weighted by Crippen LogP contribution is -2.29. The minimum atomic E-state index is 0.180.